The maximum absolute atomic E-state index is 5.44. The molecule has 0 amide bonds. The van der Waals surface area contributed by atoms with Crippen molar-refractivity contribution in [3.05, 3.63) is 65.5 Å². The van der Waals surface area contributed by atoms with Crippen LogP contribution in [0.1, 0.15) is 35.8 Å². The van der Waals surface area contributed by atoms with Gasteiger partial charge in [-0.2, -0.15) is 0 Å². The predicted molar refractivity (Wildman–Crippen MR) is 111 cm³/mol. The number of aromatic nitrogens is 2. The Hall–Kier alpha value is -3.08. The van der Waals surface area contributed by atoms with Gasteiger partial charge in [-0.25, -0.2) is 9.97 Å². The largest absolute Gasteiger partial charge is 0.493 e. The van der Waals surface area contributed by atoms with Gasteiger partial charge in [0, 0.05) is 11.6 Å². The van der Waals surface area contributed by atoms with E-state index >= 15 is 0 Å². The molecule has 1 aliphatic rings. The molecule has 144 valence electrons. The molecule has 0 fully saturated rings. The van der Waals surface area contributed by atoms with Crippen molar-refractivity contribution in [1.82, 2.24) is 9.97 Å². The van der Waals surface area contributed by atoms with Crippen LogP contribution in [0.5, 0.6) is 11.5 Å². The van der Waals surface area contributed by atoms with E-state index < -0.39 is 0 Å². The fourth-order valence-electron chi connectivity index (χ4n) is 3.87. The van der Waals surface area contributed by atoms with Crippen LogP contribution in [0, 0.1) is 6.92 Å². The highest BCUT2D eigenvalue weighted by atomic mass is 16.5. The van der Waals surface area contributed by atoms with Gasteiger partial charge in [0.15, 0.2) is 11.5 Å². The van der Waals surface area contributed by atoms with Crippen molar-refractivity contribution in [2.24, 2.45) is 0 Å². The lowest BCUT2D eigenvalue weighted by molar-refractivity contribution is 0.355. The van der Waals surface area contributed by atoms with Crippen LogP contribution in [-0.4, -0.2) is 24.2 Å². The molecule has 0 aliphatic heterocycles. The van der Waals surface area contributed by atoms with Crippen LogP contribution >= 0.6 is 0 Å². The van der Waals surface area contributed by atoms with Gasteiger partial charge in [0.2, 0.25) is 0 Å². The van der Waals surface area contributed by atoms with Gasteiger partial charge in [0.1, 0.15) is 11.6 Å². The number of nitrogens with zero attached hydrogens (tertiary/aromatic N) is 2. The molecule has 4 rings (SSSR count). The van der Waals surface area contributed by atoms with Crippen LogP contribution in [-0.2, 0) is 6.42 Å². The third-order valence-electron chi connectivity index (χ3n) is 5.21. The van der Waals surface area contributed by atoms with E-state index in [4.69, 9.17) is 9.47 Å². The lowest BCUT2D eigenvalue weighted by Gasteiger charge is -2.27. The molecule has 3 aromatic rings. The fourth-order valence-corrected chi connectivity index (χ4v) is 3.87. The minimum atomic E-state index is 0.275. The Morgan fingerprint density at radius 2 is 1.79 bits per heavy atom. The molecule has 0 saturated heterocycles. The van der Waals surface area contributed by atoms with Crippen molar-refractivity contribution in [2.45, 2.75) is 32.2 Å². The van der Waals surface area contributed by atoms with E-state index in [2.05, 4.69) is 39.6 Å². The van der Waals surface area contributed by atoms with Gasteiger partial charge in [-0.15, -0.1) is 0 Å². The molecule has 0 saturated carbocycles. The van der Waals surface area contributed by atoms with Crippen LogP contribution in [0.3, 0.4) is 0 Å². The van der Waals surface area contributed by atoms with E-state index in [0.29, 0.717) is 11.5 Å². The average molecular weight is 375 g/mol. The van der Waals surface area contributed by atoms with Crippen molar-refractivity contribution >= 4 is 5.82 Å². The Kier molecular flexibility index (Phi) is 5.15. The summed E-state index contributed by atoms with van der Waals surface area (Å²) >= 11 is 0. The molecular weight excluding hydrogens is 350 g/mol. The number of methoxy groups -OCH3 is 2. The second-order valence-electron chi connectivity index (χ2n) is 7.04. The van der Waals surface area contributed by atoms with Gasteiger partial charge in [-0.1, -0.05) is 24.3 Å². The average Bonchev–Trinajstić information content (AvgIpc) is 2.73. The summed E-state index contributed by atoms with van der Waals surface area (Å²) in [4.78, 5) is 9.25. The SMILES string of the molecule is COc1ccc(-c2cc(N[C@@H]3CCCc4ccccc43)nc(C)n2)cc1OC. The number of ether oxygens (including phenoxy) is 2. The highest BCUT2D eigenvalue weighted by Gasteiger charge is 2.20. The number of rotatable bonds is 5. The van der Waals surface area contributed by atoms with E-state index in [9.17, 15) is 0 Å². The molecule has 1 atom stereocenters. The lowest BCUT2D eigenvalue weighted by atomic mass is 9.88. The molecule has 1 aromatic heterocycles. The zero-order chi connectivity index (χ0) is 19.5. The first kappa shape index (κ1) is 18.3. The molecule has 0 unspecified atom stereocenters. The van der Waals surface area contributed by atoms with Gasteiger partial charge in [-0.3, -0.25) is 0 Å². The van der Waals surface area contributed by atoms with Crippen molar-refractivity contribution in [2.75, 3.05) is 19.5 Å². The molecule has 0 radical (unpaired) electrons. The first-order valence-corrected chi connectivity index (χ1v) is 9.60. The third-order valence-corrected chi connectivity index (χ3v) is 5.21. The summed E-state index contributed by atoms with van der Waals surface area (Å²) in [6, 6.07) is 16.8. The molecule has 0 spiro atoms. The van der Waals surface area contributed by atoms with E-state index in [0.717, 1.165) is 35.7 Å². The molecule has 5 nitrogen and oxygen atoms in total. The van der Waals surface area contributed by atoms with Crippen LogP contribution in [0.4, 0.5) is 5.82 Å². The van der Waals surface area contributed by atoms with E-state index in [1.807, 2.05) is 31.2 Å². The number of aryl methyl sites for hydroxylation is 2. The second kappa shape index (κ2) is 7.89. The van der Waals surface area contributed by atoms with Gasteiger partial charge in [0.25, 0.3) is 0 Å². The summed E-state index contributed by atoms with van der Waals surface area (Å²) in [7, 11) is 3.27. The topological polar surface area (TPSA) is 56.3 Å². The second-order valence-corrected chi connectivity index (χ2v) is 7.04. The summed E-state index contributed by atoms with van der Waals surface area (Å²) in [6.07, 6.45) is 3.43. The quantitative estimate of drug-likeness (QED) is 0.683. The molecule has 2 aromatic carbocycles. The summed E-state index contributed by atoms with van der Waals surface area (Å²) in [5.41, 5.74) is 4.63. The summed E-state index contributed by atoms with van der Waals surface area (Å²) in [6.45, 7) is 1.92. The number of hydrogen-bond donors (Lipinski definition) is 1. The fraction of sp³-hybridized carbons (Fsp3) is 0.304. The Morgan fingerprint density at radius 1 is 0.964 bits per heavy atom. The number of hydrogen-bond acceptors (Lipinski definition) is 5. The van der Waals surface area contributed by atoms with E-state index in [-0.39, 0.29) is 6.04 Å². The normalized spacial score (nSPS) is 15.6. The Bertz CT molecular complexity index is 987. The zero-order valence-corrected chi connectivity index (χ0v) is 16.5. The standard InChI is InChI=1S/C23H25N3O2/c1-15-24-20(17-11-12-21(27-2)22(13-17)28-3)14-23(25-15)26-19-10-6-8-16-7-4-5-9-18(16)19/h4-5,7,9,11-14,19H,6,8,10H2,1-3H3,(H,24,25,26)/t19-/m1/s1. The predicted octanol–water partition coefficient (Wildman–Crippen LogP) is 4.96. The Morgan fingerprint density at radius 3 is 2.61 bits per heavy atom. The Balaban J connectivity index is 1.65. The molecule has 5 heteroatoms. The van der Waals surface area contributed by atoms with Crippen LogP contribution in [0.2, 0.25) is 0 Å². The highest BCUT2D eigenvalue weighted by Crippen LogP contribution is 2.34. The smallest absolute Gasteiger partial charge is 0.161 e. The minimum Gasteiger partial charge on any atom is -0.493 e. The molecule has 1 aliphatic carbocycles. The minimum absolute atomic E-state index is 0.275. The monoisotopic (exact) mass is 375 g/mol. The number of anilines is 1. The van der Waals surface area contributed by atoms with Crippen LogP contribution < -0.4 is 14.8 Å². The summed E-state index contributed by atoms with van der Waals surface area (Å²) in [5.74, 6) is 2.97. The molecule has 28 heavy (non-hydrogen) atoms. The van der Waals surface area contributed by atoms with E-state index in [1.54, 1.807) is 14.2 Å². The number of benzene rings is 2. The van der Waals surface area contributed by atoms with E-state index in [1.165, 1.54) is 17.5 Å². The van der Waals surface area contributed by atoms with Gasteiger partial charge in [0.05, 0.1) is 26.0 Å². The van der Waals surface area contributed by atoms with Crippen molar-refractivity contribution in [1.29, 1.82) is 0 Å². The lowest BCUT2D eigenvalue weighted by Crippen LogP contribution is -2.18. The van der Waals surface area contributed by atoms with Crippen LogP contribution in [0.25, 0.3) is 11.3 Å². The molecular formula is C23H25N3O2. The molecule has 1 heterocycles. The van der Waals surface area contributed by atoms with Gasteiger partial charge < -0.3 is 14.8 Å². The third kappa shape index (κ3) is 3.65. The Labute approximate surface area is 165 Å². The summed E-state index contributed by atoms with van der Waals surface area (Å²) < 4.78 is 10.8. The molecule has 1 N–H and O–H groups in total. The van der Waals surface area contributed by atoms with Crippen molar-refractivity contribution in [3.63, 3.8) is 0 Å². The molecule has 0 bridgehead atoms. The van der Waals surface area contributed by atoms with Crippen molar-refractivity contribution < 1.29 is 9.47 Å². The number of fused-ring (bicyclic) bond motifs is 1. The maximum atomic E-state index is 5.44. The summed E-state index contributed by atoms with van der Waals surface area (Å²) in [5, 5.41) is 3.63. The zero-order valence-electron chi connectivity index (χ0n) is 16.5. The highest BCUT2D eigenvalue weighted by molar-refractivity contribution is 5.66. The van der Waals surface area contributed by atoms with Crippen molar-refractivity contribution in [3.8, 4) is 22.8 Å². The first-order valence-electron chi connectivity index (χ1n) is 9.60. The van der Waals surface area contributed by atoms with Crippen LogP contribution in [0.15, 0.2) is 48.5 Å². The number of nitrogens with one attached hydrogen (secondary N) is 1. The van der Waals surface area contributed by atoms with Gasteiger partial charge in [-0.05, 0) is 55.5 Å². The first-order chi connectivity index (χ1) is 13.7. The maximum Gasteiger partial charge on any atom is 0.161 e. The van der Waals surface area contributed by atoms with Gasteiger partial charge >= 0.3 is 0 Å².